The van der Waals surface area contributed by atoms with Gasteiger partial charge in [-0.1, -0.05) is 11.2 Å². The highest BCUT2D eigenvalue weighted by molar-refractivity contribution is 8.00. The van der Waals surface area contributed by atoms with E-state index in [1.54, 1.807) is 23.2 Å². The van der Waals surface area contributed by atoms with Gasteiger partial charge in [0, 0.05) is 29.4 Å². The first-order valence-electron chi connectivity index (χ1n) is 11.3. The number of carboxylic acids is 1. The van der Waals surface area contributed by atoms with Crippen LogP contribution in [0, 0.1) is 0 Å². The van der Waals surface area contributed by atoms with Crippen molar-refractivity contribution < 1.29 is 29.5 Å². The van der Waals surface area contributed by atoms with Gasteiger partial charge in [-0.2, -0.15) is 0 Å². The first-order chi connectivity index (χ1) is 18.3. The molecular formula is C23H21N7O6S2. The van der Waals surface area contributed by atoms with Crippen molar-refractivity contribution >= 4 is 57.6 Å². The number of carboxylic acid groups (broad SMARTS) is 1. The zero-order valence-electron chi connectivity index (χ0n) is 19.6. The van der Waals surface area contributed by atoms with E-state index in [9.17, 15) is 29.5 Å². The van der Waals surface area contributed by atoms with E-state index in [-0.39, 0.29) is 28.2 Å². The molecule has 3 aliphatic rings. The zero-order chi connectivity index (χ0) is 27.0. The summed E-state index contributed by atoms with van der Waals surface area (Å²) in [5, 5.41) is 25.6. The molecule has 2 aromatic heterocycles. The molecule has 5 rings (SSSR count). The number of nitrogens with one attached hydrogen (secondary N) is 1. The van der Waals surface area contributed by atoms with Crippen LogP contribution in [0.3, 0.4) is 0 Å². The number of hydrogen-bond donors (Lipinski definition) is 4. The number of likely N-dealkylation sites (tertiary alicyclic amines) is 1. The van der Waals surface area contributed by atoms with E-state index >= 15 is 0 Å². The Balaban J connectivity index is 1.32. The van der Waals surface area contributed by atoms with Crippen LogP contribution in [0.4, 0.5) is 5.13 Å². The van der Waals surface area contributed by atoms with Crippen LogP contribution in [0.15, 0.2) is 57.9 Å². The SMILES string of the molecule is Nc1nc(C(=NO)C(=O)N[C@@H]2C(=O)N3C(C(=O)O)=C(C=C4CCN(Cc5ccccn5)C4=O)CS[C@H]23)cs1. The van der Waals surface area contributed by atoms with Crippen LogP contribution in [0.5, 0.6) is 0 Å². The van der Waals surface area contributed by atoms with Crippen LogP contribution in [-0.2, 0) is 25.7 Å². The molecule has 0 spiro atoms. The van der Waals surface area contributed by atoms with Gasteiger partial charge in [-0.05, 0) is 30.2 Å². The van der Waals surface area contributed by atoms with Gasteiger partial charge in [0.2, 0.25) is 5.91 Å². The van der Waals surface area contributed by atoms with Crippen molar-refractivity contribution in [3.05, 3.63) is 64.1 Å². The lowest BCUT2D eigenvalue weighted by molar-refractivity contribution is -0.150. The summed E-state index contributed by atoms with van der Waals surface area (Å²) in [6, 6.07) is 4.42. The second-order valence-electron chi connectivity index (χ2n) is 8.53. The van der Waals surface area contributed by atoms with E-state index < -0.39 is 34.9 Å². The summed E-state index contributed by atoms with van der Waals surface area (Å²) >= 11 is 2.31. The van der Waals surface area contributed by atoms with Crippen molar-refractivity contribution in [1.29, 1.82) is 0 Å². The molecule has 0 saturated carbocycles. The standard InChI is InChI=1S/C23H21N7O6S2/c24-23-26-14(10-38-23)15(28-36)18(31)27-16-20(33)30-17(22(34)35)12(9-37-21(16)30)7-11-4-6-29(19(11)32)8-13-3-1-2-5-25-13/h1-3,5,7,10,16,21,36H,4,6,8-9H2,(H2,24,26)(H,27,31)(H,34,35)/t16-,21-/m1/s1. The Morgan fingerprint density at radius 1 is 1.32 bits per heavy atom. The molecule has 3 amide bonds. The number of rotatable bonds is 7. The molecule has 196 valence electrons. The summed E-state index contributed by atoms with van der Waals surface area (Å²) in [6.45, 7) is 0.820. The number of nitrogens with two attached hydrogens (primary N) is 1. The highest BCUT2D eigenvalue weighted by Gasteiger charge is 2.54. The lowest BCUT2D eigenvalue weighted by atomic mass is 10.0. The van der Waals surface area contributed by atoms with E-state index in [0.29, 0.717) is 30.7 Å². The van der Waals surface area contributed by atoms with Gasteiger partial charge in [0.15, 0.2) is 10.8 Å². The summed E-state index contributed by atoms with van der Waals surface area (Å²) in [7, 11) is 0. The predicted molar refractivity (Wildman–Crippen MR) is 137 cm³/mol. The number of aromatic nitrogens is 2. The lowest BCUT2D eigenvalue weighted by Gasteiger charge is -2.49. The fourth-order valence-corrected chi connectivity index (χ4v) is 6.28. The predicted octanol–water partition coefficient (Wildman–Crippen LogP) is 0.396. The number of allylic oxidation sites excluding steroid dienone is 1. The van der Waals surface area contributed by atoms with E-state index in [0.717, 1.165) is 21.9 Å². The average molecular weight is 556 g/mol. The molecule has 2 saturated heterocycles. The number of nitrogens with zero attached hydrogens (tertiary/aromatic N) is 5. The van der Waals surface area contributed by atoms with Gasteiger partial charge in [-0.15, -0.1) is 23.1 Å². The number of hydrogen-bond acceptors (Lipinski definition) is 11. The molecule has 0 aliphatic carbocycles. The Labute approximate surface area is 223 Å². The third-order valence-electron chi connectivity index (χ3n) is 6.21. The molecule has 0 aromatic carbocycles. The Bertz CT molecular complexity index is 1420. The highest BCUT2D eigenvalue weighted by atomic mass is 32.2. The molecule has 3 aliphatic heterocycles. The summed E-state index contributed by atoms with van der Waals surface area (Å²) in [5.41, 5.74) is 6.52. The molecule has 0 unspecified atom stereocenters. The number of aliphatic carboxylic acids is 1. The maximum absolute atomic E-state index is 13.0. The number of thiazole rings is 1. The third-order valence-corrected chi connectivity index (χ3v) is 8.18. The Morgan fingerprint density at radius 2 is 2.13 bits per heavy atom. The minimum Gasteiger partial charge on any atom is -0.477 e. The fraction of sp³-hybridized carbons (Fsp3) is 0.261. The molecular weight excluding hydrogens is 534 g/mol. The summed E-state index contributed by atoms with van der Waals surface area (Å²) in [5.74, 6) is -2.79. The third kappa shape index (κ3) is 4.61. The Morgan fingerprint density at radius 3 is 2.79 bits per heavy atom. The first-order valence-corrected chi connectivity index (χ1v) is 13.3. The minimum absolute atomic E-state index is 0.0470. The van der Waals surface area contributed by atoms with Gasteiger partial charge in [0.05, 0.1) is 12.2 Å². The van der Waals surface area contributed by atoms with E-state index in [1.165, 1.54) is 17.1 Å². The van der Waals surface area contributed by atoms with Crippen LogP contribution < -0.4 is 11.1 Å². The van der Waals surface area contributed by atoms with Gasteiger partial charge >= 0.3 is 5.97 Å². The maximum Gasteiger partial charge on any atom is 0.352 e. The Kier molecular flexibility index (Phi) is 6.86. The van der Waals surface area contributed by atoms with E-state index in [2.05, 4.69) is 20.4 Å². The fourth-order valence-electron chi connectivity index (χ4n) is 4.42. The van der Waals surface area contributed by atoms with Gasteiger partial charge < -0.3 is 26.3 Å². The van der Waals surface area contributed by atoms with Gasteiger partial charge in [0.1, 0.15) is 22.8 Å². The van der Waals surface area contributed by atoms with Crippen LogP contribution >= 0.6 is 23.1 Å². The van der Waals surface area contributed by atoms with Crippen molar-refractivity contribution in [2.24, 2.45) is 5.16 Å². The summed E-state index contributed by atoms with van der Waals surface area (Å²) < 4.78 is 0. The number of fused-ring (bicyclic) bond motifs is 1. The normalized spacial score (nSPS) is 22.5. The number of nitrogen functional groups attached to an aromatic ring is 1. The lowest BCUT2D eigenvalue weighted by Crippen LogP contribution is -2.71. The van der Waals surface area contributed by atoms with Crippen LogP contribution in [0.2, 0.25) is 0 Å². The molecule has 5 heterocycles. The number of β-lactam (4-membered cyclic amide) rings is 1. The van der Waals surface area contributed by atoms with Crippen LogP contribution in [0.1, 0.15) is 17.8 Å². The molecule has 15 heteroatoms. The smallest absolute Gasteiger partial charge is 0.352 e. The van der Waals surface area contributed by atoms with Crippen LogP contribution in [0.25, 0.3) is 0 Å². The number of carbonyl (C=O) groups is 4. The van der Waals surface area contributed by atoms with E-state index in [4.69, 9.17) is 5.73 Å². The van der Waals surface area contributed by atoms with Crippen LogP contribution in [-0.4, -0.2) is 83.2 Å². The highest BCUT2D eigenvalue weighted by Crippen LogP contribution is 2.41. The monoisotopic (exact) mass is 555 g/mol. The van der Waals surface area contributed by atoms with Crippen molar-refractivity contribution in [2.75, 3.05) is 18.0 Å². The molecule has 0 radical (unpaired) electrons. The largest absolute Gasteiger partial charge is 0.477 e. The molecule has 2 fully saturated rings. The maximum atomic E-state index is 13.0. The van der Waals surface area contributed by atoms with Crippen molar-refractivity contribution in [1.82, 2.24) is 25.1 Å². The van der Waals surface area contributed by atoms with Gasteiger partial charge in [-0.25, -0.2) is 9.78 Å². The molecule has 2 atom stereocenters. The number of carbonyl (C=O) groups excluding carboxylic acids is 3. The molecule has 13 nitrogen and oxygen atoms in total. The number of thioether (sulfide) groups is 1. The van der Waals surface area contributed by atoms with Gasteiger partial charge in [0.25, 0.3) is 11.8 Å². The second kappa shape index (κ2) is 10.3. The molecule has 0 bridgehead atoms. The zero-order valence-corrected chi connectivity index (χ0v) is 21.2. The molecule has 5 N–H and O–H groups in total. The van der Waals surface area contributed by atoms with E-state index in [1.807, 2.05) is 12.1 Å². The quantitative estimate of drug-likeness (QED) is 0.122. The molecule has 38 heavy (non-hydrogen) atoms. The Hall–Kier alpha value is -4.24. The number of pyridine rings is 1. The first kappa shape index (κ1) is 25.4. The summed E-state index contributed by atoms with van der Waals surface area (Å²) in [6.07, 6.45) is 3.64. The number of oxime groups is 1. The van der Waals surface area contributed by atoms with Crippen molar-refractivity contribution in [3.8, 4) is 0 Å². The topological polar surface area (TPSA) is 191 Å². The number of anilines is 1. The second-order valence-corrected chi connectivity index (χ2v) is 10.5. The van der Waals surface area contributed by atoms with Gasteiger partial charge in [-0.3, -0.25) is 24.3 Å². The molecule has 2 aromatic rings. The van der Waals surface area contributed by atoms with Crippen molar-refractivity contribution in [2.45, 2.75) is 24.4 Å². The van der Waals surface area contributed by atoms with Crippen molar-refractivity contribution in [3.63, 3.8) is 0 Å². The number of amides is 3. The summed E-state index contributed by atoms with van der Waals surface area (Å²) in [4.78, 5) is 61.7. The minimum atomic E-state index is -1.31. The average Bonchev–Trinajstić information content (AvgIpc) is 3.48.